The van der Waals surface area contributed by atoms with Crippen LogP contribution in [-0.4, -0.2) is 16.5 Å². The molecule has 1 aromatic heterocycles. The molecule has 0 amide bonds. The Bertz CT molecular complexity index is 304. The van der Waals surface area contributed by atoms with E-state index in [1.165, 1.54) is 0 Å². The van der Waals surface area contributed by atoms with Crippen LogP contribution in [0.4, 0.5) is 0 Å². The molecular formula is C14H25N3. The highest BCUT2D eigenvalue weighted by Crippen LogP contribution is 2.24. The number of aromatic nitrogens is 2. The molecule has 1 N–H and O–H groups in total. The van der Waals surface area contributed by atoms with E-state index in [0.29, 0.717) is 12.0 Å². The molecule has 0 spiro atoms. The summed E-state index contributed by atoms with van der Waals surface area (Å²) >= 11 is 0. The molecule has 1 atom stereocenters. The summed E-state index contributed by atoms with van der Waals surface area (Å²) in [5.74, 6) is 1.56. The lowest BCUT2D eigenvalue weighted by Crippen LogP contribution is -2.30. The lowest BCUT2D eigenvalue weighted by Gasteiger charge is -2.25. The van der Waals surface area contributed by atoms with E-state index in [-0.39, 0.29) is 0 Å². The summed E-state index contributed by atoms with van der Waals surface area (Å²) in [4.78, 5) is 8.95. The van der Waals surface area contributed by atoms with Crippen LogP contribution in [0.5, 0.6) is 0 Å². The molecule has 0 saturated heterocycles. The second-order valence-corrected chi connectivity index (χ2v) is 4.63. The molecule has 1 unspecified atom stereocenters. The van der Waals surface area contributed by atoms with Gasteiger partial charge in [0.05, 0.1) is 6.04 Å². The van der Waals surface area contributed by atoms with Crippen molar-refractivity contribution >= 4 is 0 Å². The van der Waals surface area contributed by atoms with Crippen molar-refractivity contribution in [3.63, 3.8) is 0 Å². The van der Waals surface area contributed by atoms with Crippen LogP contribution in [0.1, 0.15) is 57.5 Å². The molecule has 0 aromatic carbocycles. The molecule has 0 aliphatic carbocycles. The zero-order valence-corrected chi connectivity index (χ0v) is 11.5. The van der Waals surface area contributed by atoms with E-state index in [1.54, 1.807) is 0 Å². The van der Waals surface area contributed by atoms with E-state index < -0.39 is 0 Å². The van der Waals surface area contributed by atoms with Gasteiger partial charge in [0.15, 0.2) is 0 Å². The molecule has 0 fully saturated rings. The van der Waals surface area contributed by atoms with Gasteiger partial charge in [-0.25, -0.2) is 9.97 Å². The van der Waals surface area contributed by atoms with Gasteiger partial charge in [-0.2, -0.15) is 0 Å². The third-order valence-electron chi connectivity index (χ3n) is 3.21. The van der Waals surface area contributed by atoms with Gasteiger partial charge in [-0.3, -0.25) is 0 Å². The van der Waals surface area contributed by atoms with Crippen LogP contribution in [0.3, 0.4) is 0 Å². The van der Waals surface area contributed by atoms with Gasteiger partial charge in [-0.15, -0.1) is 0 Å². The van der Waals surface area contributed by atoms with Crippen molar-refractivity contribution in [1.29, 1.82) is 0 Å². The van der Waals surface area contributed by atoms with Crippen LogP contribution in [0.25, 0.3) is 0 Å². The largest absolute Gasteiger partial charge is 0.307 e. The van der Waals surface area contributed by atoms with Crippen molar-refractivity contribution in [3.8, 4) is 0 Å². The SMILES string of the molecule is CCCNC(c1ncc(C)cn1)C(CC)CC. The molecule has 1 aromatic rings. The standard InChI is InChI=1S/C14H25N3/c1-5-8-15-13(12(6-2)7-3)14-16-9-11(4)10-17-14/h9-10,12-13,15H,5-8H2,1-4H3. The van der Waals surface area contributed by atoms with Crippen molar-refractivity contribution in [2.24, 2.45) is 5.92 Å². The highest BCUT2D eigenvalue weighted by molar-refractivity contribution is 5.05. The van der Waals surface area contributed by atoms with Crippen molar-refractivity contribution < 1.29 is 0 Å². The predicted octanol–water partition coefficient (Wildman–Crippen LogP) is 3.26. The van der Waals surface area contributed by atoms with Gasteiger partial charge in [-0.05, 0) is 31.4 Å². The molecule has 1 rings (SSSR count). The average molecular weight is 235 g/mol. The summed E-state index contributed by atoms with van der Waals surface area (Å²) in [6, 6.07) is 0.297. The first-order chi connectivity index (χ1) is 8.22. The molecule has 3 nitrogen and oxygen atoms in total. The van der Waals surface area contributed by atoms with Gasteiger partial charge < -0.3 is 5.32 Å². The summed E-state index contributed by atoms with van der Waals surface area (Å²) in [6.07, 6.45) is 7.28. The minimum atomic E-state index is 0.297. The van der Waals surface area contributed by atoms with Gasteiger partial charge in [-0.1, -0.05) is 33.6 Å². The molecule has 1 heterocycles. The summed E-state index contributed by atoms with van der Waals surface area (Å²) in [5, 5.41) is 3.58. The third-order valence-corrected chi connectivity index (χ3v) is 3.21. The topological polar surface area (TPSA) is 37.8 Å². The van der Waals surface area contributed by atoms with Gasteiger partial charge in [0.25, 0.3) is 0 Å². The monoisotopic (exact) mass is 235 g/mol. The molecular weight excluding hydrogens is 210 g/mol. The maximum atomic E-state index is 4.47. The van der Waals surface area contributed by atoms with Crippen LogP contribution < -0.4 is 5.32 Å². The fraction of sp³-hybridized carbons (Fsp3) is 0.714. The van der Waals surface area contributed by atoms with E-state index in [2.05, 4.69) is 36.1 Å². The van der Waals surface area contributed by atoms with Crippen molar-refractivity contribution in [2.75, 3.05) is 6.54 Å². The Labute approximate surface area is 105 Å². The van der Waals surface area contributed by atoms with Crippen LogP contribution in [0.2, 0.25) is 0 Å². The zero-order valence-electron chi connectivity index (χ0n) is 11.5. The highest BCUT2D eigenvalue weighted by atomic mass is 15.0. The van der Waals surface area contributed by atoms with Crippen molar-refractivity contribution in [1.82, 2.24) is 15.3 Å². The average Bonchev–Trinajstić information content (AvgIpc) is 2.36. The Kier molecular flexibility index (Phi) is 6.12. The number of hydrogen-bond acceptors (Lipinski definition) is 3. The molecule has 0 aliphatic rings. The maximum Gasteiger partial charge on any atom is 0.145 e. The summed E-state index contributed by atoms with van der Waals surface area (Å²) in [6.45, 7) is 9.71. The molecule has 0 saturated carbocycles. The Morgan fingerprint density at radius 3 is 2.18 bits per heavy atom. The number of aryl methyl sites for hydroxylation is 1. The van der Waals surface area contributed by atoms with E-state index >= 15 is 0 Å². The second-order valence-electron chi connectivity index (χ2n) is 4.63. The first-order valence-electron chi connectivity index (χ1n) is 6.74. The summed E-state index contributed by atoms with van der Waals surface area (Å²) in [7, 11) is 0. The minimum absolute atomic E-state index is 0.297. The third kappa shape index (κ3) is 4.08. The van der Waals surface area contributed by atoms with Crippen LogP contribution in [-0.2, 0) is 0 Å². The number of rotatable bonds is 7. The van der Waals surface area contributed by atoms with Crippen molar-refractivity contribution in [2.45, 2.75) is 53.0 Å². The van der Waals surface area contributed by atoms with Crippen molar-refractivity contribution in [3.05, 3.63) is 23.8 Å². The second kappa shape index (κ2) is 7.38. The zero-order chi connectivity index (χ0) is 12.7. The molecule has 0 aliphatic heterocycles. The molecule has 0 bridgehead atoms. The lowest BCUT2D eigenvalue weighted by atomic mass is 9.93. The number of nitrogens with one attached hydrogen (secondary N) is 1. The quantitative estimate of drug-likeness (QED) is 0.788. The van der Waals surface area contributed by atoms with Gasteiger partial charge in [0, 0.05) is 12.4 Å². The van der Waals surface area contributed by atoms with E-state index in [9.17, 15) is 0 Å². The van der Waals surface area contributed by atoms with E-state index in [4.69, 9.17) is 0 Å². The van der Waals surface area contributed by atoms with E-state index in [0.717, 1.165) is 37.2 Å². The van der Waals surface area contributed by atoms with Gasteiger partial charge in [0.2, 0.25) is 0 Å². The first kappa shape index (κ1) is 14.1. The number of hydrogen-bond donors (Lipinski definition) is 1. The fourth-order valence-electron chi connectivity index (χ4n) is 2.09. The summed E-state index contributed by atoms with van der Waals surface area (Å²) < 4.78 is 0. The highest BCUT2D eigenvalue weighted by Gasteiger charge is 2.21. The Morgan fingerprint density at radius 1 is 1.12 bits per heavy atom. The normalized spacial score (nSPS) is 13.0. The van der Waals surface area contributed by atoms with Crippen LogP contribution in [0, 0.1) is 12.8 Å². The Morgan fingerprint density at radius 2 is 1.71 bits per heavy atom. The smallest absolute Gasteiger partial charge is 0.145 e. The van der Waals surface area contributed by atoms with Gasteiger partial charge in [0.1, 0.15) is 5.82 Å². The molecule has 3 heteroatoms. The molecule has 17 heavy (non-hydrogen) atoms. The lowest BCUT2D eigenvalue weighted by molar-refractivity contribution is 0.328. The fourth-order valence-corrected chi connectivity index (χ4v) is 2.09. The Hall–Kier alpha value is -0.960. The molecule has 96 valence electrons. The minimum Gasteiger partial charge on any atom is -0.307 e. The predicted molar refractivity (Wildman–Crippen MR) is 71.9 cm³/mol. The van der Waals surface area contributed by atoms with E-state index in [1.807, 2.05) is 19.3 Å². The Balaban J connectivity index is 2.84. The van der Waals surface area contributed by atoms with Crippen LogP contribution in [0.15, 0.2) is 12.4 Å². The molecule has 0 radical (unpaired) electrons. The van der Waals surface area contributed by atoms with Gasteiger partial charge >= 0.3 is 0 Å². The first-order valence-corrected chi connectivity index (χ1v) is 6.74. The maximum absolute atomic E-state index is 4.47. The number of nitrogens with zero attached hydrogens (tertiary/aromatic N) is 2. The van der Waals surface area contributed by atoms with Crippen LogP contribution >= 0.6 is 0 Å². The summed E-state index contributed by atoms with van der Waals surface area (Å²) in [5.41, 5.74) is 1.12.